The summed E-state index contributed by atoms with van der Waals surface area (Å²) >= 11 is 3.57. The fourth-order valence-electron chi connectivity index (χ4n) is 3.63. The molecule has 0 unspecified atom stereocenters. The molecule has 1 N–H and O–H groups in total. The first-order chi connectivity index (χ1) is 7.38. The number of alkyl halides is 1. The number of aliphatic hydroxyl groups is 1. The lowest BCUT2D eigenvalue weighted by molar-refractivity contribution is -0.137. The van der Waals surface area contributed by atoms with Gasteiger partial charge in [0, 0.05) is 5.92 Å². The minimum absolute atomic E-state index is 0.0568. The molecule has 2 nitrogen and oxygen atoms in total. The molecule has 0 spiro atoms. The zero-order valence-corrected chi connectivity index (χ0v) is 11.8. The fraction of sp³-hybridized carbons (Fsp3) is 0.923. The number of carbonyl (C=O) groups excluding carboxylic acids is 1. The van der Waals surface area contributed by atoms with Gasteiger partial charge < -0.3 is 5.11 Å². The van der Waals surface area contributed by atoms with Gasteiger partial charge in [0.1, 0.15) is 5.78 Å². The summed E-state index contributed by atoms with van der Waals surface area (Å²) in [5.74, 6) is 1.19. The summed E-state index contributed by atoms with van der Waals surface area (Å²) in [6.45, 7) is 6.55. The van der Waals surface area contributed by atoms with E-state index in [2.05, 4.69) is 29.8 Å². The molecule has 2 rings (SSSR count). The number of hydrogen-bond donors (Lipinski definition) is 1. The Labute approximate surface area is 106 Å². The maximum absolute atomic E-state index is 12.1. The molecule has 92 valence electrons. The first-order valence-electron chi connectivity index (χ1n) is 6.23. The van der Waals surface area contributed by atoms with E-state index in [1.165, 1.54) is 0 Å². The molecule has 0 aromatic heterocycles. The Balaban J connectivity index is 2.33. The zero-order chi connectivity index (χ0) is 12.1. The molecule has 2 saturated carbocycles. The lowest BCUT2D eigenvalue weighted by atomic mass is 9.52. The van der Waals surface area contributed by atoms with Gasteiger partial charge >= 0.3 is 0 Å². The second-order valence-corrected chi connectivity index (χ2v) is 6.91. The number of fused-ring (bicyclic) bond motifs is 1. The molecule has 2 aliphatic rings. The highest BCUT2D eigenvalue weighted by Crippen LogP contribution is 2.55. The third kappa shape index (κ3) is 1.67. The molecule has 0 aromatic rings. The summed E-state index contributed by atoms with van der Waals surface area (Å²) in [5.41, 5.74) is 0.209. The summed E-state index contributed by atoms with van der Waals surface area (Å²) in [6.07, 6.45) is 2.49. The molecule has 6 atom stereocenters. The molecule has 2 aliphatic carbocycles. The van der Waals surface area contributed by atoms with Gasteiger partial charge in [-0.25, -0.2) is 0 Å². The largest absolute Gasteiger partial charge is 0.393 e. The predicted molar refractivity (Wildman–Crippen MR) is 67.5 cm³/mol. The fourth-order valence-corrected chi connectivity index (χ4v) is 4.87. The number of ketones is 1. The molecule has 0 heterocycles. The SMILES string of the molecule is C[C@@H]1C(=O)[C@@H](Br)[C@H]2C[C@@H](O)CC[C@@]2(C)[C@H]1C. The third-order valence-corrected chi connectivity index (χ3v) is 6.34. The molecular weight excluding hydrogens is 268 g/mol. The van der Waals surface area contributed by atoms with Crippen molar-refractivity contribution < 1.29 is 9.90 Å². The Morgan fingerprint density at radius 2 is 2.06 bits per heavy atom. The van der Waals surface area contributed by atoms with Crippen LogP contribution in [0, 0.1) is 23.2 Å². The van der Waals surface area contributed by atoms with Crippen LogP contribution < -0.4 is 0 Å². The summed E-state index contributed by atoms with van der Waals surface area (Å²) in [7, 11) is 0. The summed E-state index contributed by atoms with van der Waals surface area (Å²) in [6, 6.07) is 0. The molecule has 3 heteroatoms. The van der Waals surface area contributed by atoms with Crippen LogP contribution in [0.15, 0.2) is 0 Å². The van der Waals surface area contributed by atoms with Crippen molar-refractivity contribution in [3.8, 4) is 0 Å². The Hall–Kier alpha value is 0.110. The average Bonchev–Trinajstić information content (AvgIpc) is 2.27. The maximum Gasteiger partial charge on any atom is 0.149 e. The van der Waals surface area contributed by atoms with E-state index in [0.29, 0.717) is 17.6 Å². The number of aliphatic hydroxyl groups excluding tert-OH is 1. The van der Waals surface area contributed by atoms with E-state index >= 15 is 0 Å². The molecule has 16 heavy (non-hydrogen) atoms. The van der Waals surface area contributed by atoms with Crippen molar-refractivity contribution in [3.63, 3.8) is 0 Å². The van der Waals surface area contributed by atoms with Crippen molar-refractivity contribution in [1.29, 1.82) is 0 Å². The van der Waals surface area contributed by atoms with Gasteiger partial charge in [0.15, 0.2) is 0 Å². The van der Waals surface area contributed by atoms with Crippen molar-refractivity contribution in [2.75, 3.05) is 0 Å². The highest BCUT2D eigenvalue weighted by Gasteiger charge is 2.54. The van der Waals surface area contributed by atoms with E-state index in [1.54, 1.807) is 0 Å². The lowest BCUT2D eigenvalue weighted by Crippen LogP contribution is -2.55. The van der Waals surface area contributed by atoms with Gasteiger partial charge in [0.2, 0.25) is 0 Å². The van der Waals surface area contributed by atoms with Crippen molar-refractivity contribution >= 4 is 21.7 Å². The van der Waals surface area contributed by atoms with Gasteiger partial charge in [-0.15, -0.1) is 0 Å². The van der Waals surface area contributed by atoms with Crippen molar-refractivity contribution in [1.82, 2.24) is 0 Å². The molecule has 2 fully saturated rings. The van der Waals surface area contributed by atoms with E-state index in [1.807, 2.05) is 6.92 Å². The Kier molecular flexibility index (Phi) is 3.21. The van der Waals surface area contributed by atoms with Crippen LogP contribution in [0.3, 0.4) is 0 Å². The number of rotatable bonds is 0. The van der Waals surface area contributed by atoms with E-state index in [0.717, 1.165) is 19.3 Å². The Morgan fingerprint density at radius 3 is 2.69 bits per heavy atom. The van der Waals surface area contributed by atoms with Crippen LogP contribution in [0.2, 0.25) is 0 Å². The van der Waals surface area contributed by atoms with Crippen LogP contribution in [-0.4, -0.2) is 21.8 Å². The number of Topliss-reactive ketones (excluding diaryl/α,β-unsaturated/α-hetero) is 1. The maximum atomic E-state index is 12.1. The molecule has 0 saturated heterocycles. The predicted octanol–water partition coefficient (Wildman–Crippen LogP) is 2.77. The van der Waals surface area contributed by atoms with Crippen molar-refractivity contribution in [2.45, 2.75) is 51.0 Å². The van der Waals surface area contributed by atoms with Crippen LogP contribution in [0.5, 0.6) is 0 Å². The van der Waals surface area contributed by atoms with Crippen molar-refractivity contribution in [2.24, 2.45) is 23.2 Å². The monoisotopic (exact) mass is 288 g/mol. The molecule has 0 amide bonds. The zero-order valence-electron chi connectivity index (χ0n) is 10.2. The van der Waals surface area contributed by atoms with Crippen LogP contribution >= 0.6 is 15.9 Å². The highest BCUT2D eigenvalue weighted by atomic mass is 79.9. The van der Waals surface area contributed by atoms with Crippen LogP contribution in [0.4, 0.5) is 0 Å². The normalized spacial score (nSPS) is 53.6. The van der Waals surface area contributed by atoms with Gasteiger partial charge in [-0.3, -0.25) is 4.79 Å². The number of hydrogen-bond acceptors (Lipinski definition) is 2. The van der Waals surface area contributed by atoms with E-state index in [-0.39, 0.29) is 22.3 Å². The second kappa shape index (κ2) is 4.09. The first-order valence-corrected chi connectivity index (χ1v) is 7.15. The van der Waals surface area contributed by atoms with Gasteiger partial charge in [0.25, 0.3) is 0 Å². The smallest absolute Gasteiger partial charge is 0.149 e. The van der Waals surface area contributed by atoms with Gasteiger partial charge in [-0.1, -0.05) is 36.7 Å². The van der Waals surface area contributed by atoms with Crippen LogP contribution in [0.25, 0.3) is 0 Å². The average molecular weight is 289 g/mol. The third-order valence-electron chi connectivity index (χ3n) is 5.25. The lowest BCUT2D eigenvalue weighted by Gasteiger charge is -2.54. The second-order valence-electron chi connectivity index (χ2n) is 5.92. The molecular formula is C13H21BrO2. The van der Waals surface area contributed by atoms with Crippen molar-refractivity contribution in [3.05, 3.63) is 0 Å². The topological polar surface area (TPSA) is 37.3 Å². The number of carbonyl (C=O) groups is 1. The summed E-state index contributed by atoms with van der Waals surface area (Å²) in [4.78, 5) is 12.1. The summed E-state index contributed by atoms with van der Waals surface area (Å²) in [5, 5.41) is 9.79. The summed E-state index contributed by atoms with van der Waals surface area (Å²) < 4.78 is 0. The van der Waals surface area contributed by atoms with Crippen LogP contribution in [-0.2, 0) is 4.79 Å². The van der Waals surface area contributed by atoms with E-state index < -0.39 is 0 Å². The molecule has 0 radical (unpaired) electrons. The van der Waals surface area contributed by atoms with Gasteiger partial charge in [0.05, 0.1) is 10.9 Å². The van der Waals surface area contributed by atoms with Gasteiger partial charge in [-0.2, -0.15) is 0 Å². The standard InChI is InChI=1S/C13H21BrO2/c1-7-8(2)13(3)5-4-9(15)6-10(13)11(14)12(7)16/h7-11,15H,4-6H2,1-3H3/t7-,8-,9-,10+,11-,13-/m0/s1. The Bertz CT molecular complexity index is 304. The minimum Gasteiger partial charge on any atom is -0.393 e. The minimum atomic E-state index is -0.216. The van der Waals surface area contributed by atoms with Crippen LogP contribution in [0.1, 0.15) is 40.0 Å². The van der Waals surface area contributed by atoms with Gasteiger partial charge in [-0.05, 0) is 36.5 Å². The first kappa shape index (κ1) is 12.6. The van der Waals surface area contributed by atoms with E-state index in [9.17, 15) is 9.90 Å². The number of halogens is 1. The molecule has 0 bridgehead atoms. The molecule has 0 aliphatic heterocycles. The molecule has 0 aromatic carbocycles. The highest BCUT2D eigenvalue weighted by molar-refractivity contribution is 9.10. The Morgan fingerprint density at radius 1 is 1.44 bits per heavy atom. The van der Waals surface area contributed by atoms with E-state index in [4.69, 9.17) is 0 Å². The quantitative estimate of drug-likeness (QED) is 0.696.